The summed E-state index contributed by atoms with van der Waals surface area (Å²) < 4.78 is 75.8. The van der Waals surface area contributed by atoms with Gasteiger partial charge in [-0.15, -0.1) is 24.5 Å². The van der Waals surface area contributed by atoms with Crippen molar-refractivity contribution in [3.8, 4) is 17.0 Å². The summed E-state index contributed by atoms with van der Waals surface area (Å²) in [4.78, 5) is 10.1. The Balaban J connectivity index is 1.72. The largest absolute Gasteiger partial charge is 0.573 e. The van der Waals surface area contributed by atoms with E-state index in [9.17, 15) is 27.1 Å². The molecular weight excluding hydrogens is 447 g/mol. The van der Waals surface area contributed by atoms with Crippen molar-refractivity contribution in [2.45, 2.75) is 37.4 Å². The first kappa shape index (κ1) is 20.4. The van der Waals surface area contributed by atoms with E-state index in [-0.39, 0.29) is 29.2 Å². The highest BCUT2D eigenvalue weighted by Gasteiger charge is 2.40. The Bertz CT molecular complexity index is 1090. The van der Waals surface area contributed by atoms with Crippen LogP contribution in [0.15, 0.2) is 21.4 Å². The van der Waals surface area contributed by atoms with Gasteiger partial charge >= 0.3 is 6.36 Å². The Morgan fingerprint density at radius 2 is 2.00 bits per heavy atom. The number of ether oxygens (including phenoxy) is 1. The van der Waals surface area contributed by atoms with Gasteiger partial charge in [-0.1, -0.05) is 0 Å². The van der Waals surface area contributed by atoms with Crippen LogP contribution in [0.2, 0.25) is 0 Å². The van der Waals surface area contributed by atoms with Crippen molar-refractivity contribution in [1.82, 2.24) is 15.3 Å². The van der Waals surface area contributed by atoms with Gasteiger partial charge in [0.25, 0.3) is 12.4 Å². The lowest BCUT2D eigenvalue weighted by Crippen LogP contribution is -2.67. The molecule has 3 aliphatic rings. The smallest absolute Gasteiger partial charge is 0.423 e. The van der Waals surface area contributed by atoms with Gasteiger partial charge in [-0.3, -0.25) is 0 Å². The molecule has 0 aliphatic carbocycles. The molecule has 2 aromatic heterocycles. The molecule has 3 aliphatic heterocycles. The molecule has 2 N–H and O–H groups in total. The Kier molecular flexibility index (Phi) is 4.79. The molecule has 3 aromatic rings. The number of piperazine rings is 1. The second-order valence-electron chi connectivity index (χ2n) is 7.42. The number of nitrogens with one attached hydrogen (secondary N) is 1. The maximum absolute atomic E-state index is 13.3. The number of thiazole rings is 1. The van der Waals surface area contributed by atoms with E-state index >= 15 is 0 Å². The summed E-state index contributed by atoms with van der Waals surface area (Å²) in [6.07, 6.45) is -10.1. The minimum absolute atomic E-state index is 0.0541. The molecule has 2 bridgehead atoms. The minimum Gasteiger partial charge on any atom is -0.423 e. The first-order valence-electron chi connectivity index (χ1n) is 9.28. The van der Waals surface area contributed by atoms with E-state index in [1.54, 1.807) is 10.3 Å². The molecule has 0 spiro atoms. The van der Waals surface area contributed by atoms with Crippen molar-refractivity contribution in [2.24, 2.45) is 0 Å². The van der Waals surface area contributed by atoms with Gasteiger partial charge in [0.2, 0.25) is 0 Å². The van der Waals surface area contributed by atoms with Crippen molar-refractivity contribution >= 4 is 28.5 Å². The highest BCUT2D eigenvalue weighted by molar-refractivity contribution is 7.07. The predicted octanol–water partition coefficient (Wildman–Crippen LogP) is 3.70. The maximum atomic E-state index is 13.3. The lowest BCUT2D eigenvalue weighted by molar-refractivity contribution is -0.274. The number of benzene rings is 1. The molecule has 2 unspecified atom stereocenters. The van der Waals surface area contributed by atoms with Crippen LogP contribution >= 0.6 is 11.3 Å². The lowest BCUT2D eigenvalue weighted by atomic mass is 9.92. The minimum atomic E-state index is -5.19. The zero-order valence-electron chi connectivity index (χ0n) is 15.6. The molecule has 31 heavy (non-hydrogen) atoms. The third kappa shape index (κ3) is 3.70. The zero-order valence-corrected chi connectivity index (χ0v) is 16.4. The van der Waals surface area contributed by atoms with E-state index in [0.717, 1.165) is 12.5 Å². The Morgan fingerprint density at radius 1 is 1.29 bits per heavy atom. The van der Waals surface area contributed by atoms with Gasteiger partial charge in [0.05, 0.1) is 11.2 Å². The molecular formula is C18H15F5N4O3S. The number of oxazole rings is 1. The number of fused-ring (bicyclic) bond motifs is 3. The number of aliphatic hydroxyl groups excluding tert-OH is 1. The van der Waals surface area contributed by atoms with Crippen molar-refractivity contribution in [2.75, 3.05) is 18.0 Å². The fourth-order valence-electron chi connectivity index (χ4n) is 3.99. The third-order valence-electron chi connectivity index (χ3n) is 5.31. The Hall–Kier alpha value is -2.51. The Labute approximate surface area is 175 Å². The van der Waals surface area contributed by atoms with Crippen molar-refractivity contribution < 1.29 is 36.2 Å². The van der Waals surface area contributed by atoms with Gasteiger partial charge in [0.15, 0.2) is 16.8 Å². The molecule has 166 valence electrons. The summed E-state index contributed by atoms with van der Waals surface area (Å²) in [6.45, 7) is 1.08. The monoisotopic (exact) mass is 462 g/mol. The average molecular weight is 462 g/mol. The number of nitrogens with zero attached hydrogens (tertiary/aromatic N) is 3. The zero-order chi connectivity index (χ0) is 21.9. The maximum Gasteiger partial charge on any atom is 0.573 e. The highest BCUT2D eigenvalue weighted by Crippen LogP contribution is 2.44. The van der Waals surface area contributed by atoms with Gasteiger partial charge in [-0.2, -0.15) is 4.98 Å². The number of halogens is 5. The summed E-state index contributed by atoms with van der Waals surface area (Å²) in [5, 5.41) is 14.9. The number of anilines is 1. The van der Waals surface area contributed by atoms with Crippen LogP contribution in [0.1, 0.15) is 18.1 Å². The van der Waals surface area contributed by atoms with Crippen LogP contribution in [0.3, 0.4) is 0 Å². The first-order chi connectivity index (χ1) is 14.7. The van der Waals surface area contributed by atoms with Crippen molar-refractivity contribution in [1.29, 1.82) is 0 Å². The summed E-state index contributed by atoms with van der Waals surface area (Å²) in [7, 11) is 0. The quantitative estimate of drug-likeness (QED) is 0.560. The second-order valence-corrected chi connectivity index (χ2v) is 8.14. The van der Waals surface area contributed by atoms with E-state index in [4.69, 9.17) is 4.42 Å². The lowest BCUT2D eigenvalue weighted by Gasteiger charge is -2.47. The van der Waals surface area contributed by atoms with Crippen LogP contribution in [0.25, 0.3) is 22.4 Å². The molecule has 1 aromatic carbocycles. The van der Waals surface area contributed by atoms with Crippen molar-refractivity contribution in [3.63, 3.8) is 0 Å². The number of aliphatic hydroxyl groups is 1. The van der Waals surface area contributed by atoms with E-state index < -0.39 is 35.7 Å². The van der Waals surface area contributed by atoms with Crippen LogP contribution in [0.5, 0.6) is 5.75 Å². The number of hydrogen-bond acceptors (Lipinski definition) is 8. The van der Waals surface area contributed by atoms with Gasteiger partial charge in [0.1, 0.15) is 6.10 Å². The third-order valence-corrected chi connectivity index (χ3v) is 5.90. The molecule has 13 heteroatoms. The molecule has 6 rings (SSSR count). The van der Waals surface area contributed by atoms with E-state index in [2.05, 4.69) is 20.0 Å². The number of alkyl halides is 5. The van der Waals surface area contributed by atoms with Gasteiger partial charge < -0.3 is 24.5 Å². The number of rotatable bonds is 5. The molecule has 0 saturated carbocycles. The first-order valence-corrected chi connectivity index (χ1v) is 10.2. The van der Waals surface area contributed by atoms with Crippen LogP contribution in [0.4, 0.5) is 28.0 Å². The topological polar surface area (TPSA) is 83.7 Å². The number of aromatic nitrogens is 2. The van der Waals surface area contributed by atoms with E-state index in [0.29, 0.717) is 18.8 Å². The molecule has 3 atom stereocenters. The van der Waals surface area contributed by atoms with Gasteiger partial charge in [-0.25, -0.2) is 13.8 Å². The van der Waals surface area contributed by atoms with E-state index in [1.165, 1.54) is 16.8 Å². The molecule has 3 fully saturated rings. The molecule has 0 radical (unpaired) electrons. The summed E-state index contributed by atoms with van der Waals surface area (Å²) in [5.74, 6) is -1.01. The fourth-order valence-corrected chi connectivity index (χ4v) is 4.54. The summed E-state index contributed by atoms with van der Waals surface area (Å²) in [6, 6.07) is 1.47. The van der Waals surface area contributed by atoms with Crippen LogP contribution in [0, 0.1) is 0 Å². The van der Waals surface area contributed by atoms with Crippen molar-refractivity contribution in [3.05, 3.63) is 22.5 Å². The van der Waals surface area contributed by atoms with Crippen LogP contribution < -0.4 is 15.0 Å². The van der Waals surface area contributed by atoms with Gasteiger partial charge in [0, 0.05) is 41.7 Å². The molecule has 7 nitrogen and oxygen atoms in total. The summed E-state index contributed by atoms with van der Waals surface area (Å²) in [5.41, 5.74) is 0.677. The molecule has 3 saturated heterocycles. The second kappa shape index (κ2) is 7.28. The fraction of sp³-hybridized carbons (Fsp3) is 0.444. The summed E-state index contributed by atoms with van der Waals surface area (Å²) >= 11 is 1.20. The molecule has 5 heterocycles. The standard InChI is InChI=1S/C18H15F5N4O3S/c19-16(20)13(28)10-2-9(11-5-31-6-24-11)14-12(15(10)30-18(21,22)23)26-17(29-14)27-3-7-1-8(4-27)25-7/h2,5-8,13,16,25,28H,1,3-4H2/t7?,8?,13-/m0/s1. The molecule has 0 amide bonds. The van der Waals surface area contributed by atoms with Crippen LogP contribution in [-0.4, -0.2) is 53.0 Å². The Morgan fingerprint density at radius 3 is 2.58 bits per heavy atom. The number of piperidine rings is 1. The average Bonchev–Trinajstić information content (AvgIpc) is 3.36. The highest BCUT2D eigenvalue weighted by atomic mass is 32.1. The van der Waals surface area contributed by atoms with Gasteiger partial charge in [-0.05, 0) is 12.5 Å². The number of hydrogen-bond donors (Lipinski definition) is 2. The van der Waals surface area contributed by atoms with Crippen LogP contribution in [-0.2, 0) is 0 Å². The SMILES string of the molecule is O[C@@H](c1cc(-c2cscn2)c2oc(N3CC4CC(C3)N4)nc2c1OC(F)(F)F)C(F)F. The predicted molar refractivity (Wildman–Crippen MR) is 100 cm³/mol. The van der Waals surface area contributed by atoms with E-state index in [1.807, 2.05) is 0 Å². The normalized spacial score (nSPS) is 22.1.